The zero-order valence-electron chi connectivity index (χ0n) is 10.0. The van der Waals surface area contributed by atoms with E-state index in [1.165, 1.54) is 31.6 Å². The highest BCUT2D eigenvalue weighted by Crippen LogP contribution is 2.29. The normalized spacial score (nSPS) is 11.1. The molecule has 0 atom stereocenters. The Morgan fingerprint density at radius 3 is 2.50 bits per heavy atom. The van der Waals surface area contributed by atoms with Crippen LogP contribution in [0.2, 0.25) is 10.0 Å². The third kappa shape index (κ3) is 4.35. The van der Waals surface area contributed by atoms with Gasteiger partial charge in [0.15, 0.2) is 0 Å². The largest absolute Gasteiger partial charge is 0.0843 e. The van der Waals surface area contributed by atoms with E-state index in [1.54, 1.807) is 0 Å². The zero-order valence-corrected chi connectivity index (χ0v) is 11.5. The van der Waals surface area contributed by atoms with Crippen LogP contribution in [0.1, 0.15) is 51.5 Å². The number of hydrogen-bond acceptors (Lipinski definition) is 0. The van der Waals surface area contributed by atoms with Crippen molar-refractivity contribution in [3.63, 3.8) is 0 Å². The van der Waals surface area contributed by atoms with Crippen LogP contribution in [-0.4, -0.2) is 0 Å². The maximum absolute atomic E-state index is 6.16. The Balaban J connectivity index is 2.49. The summed E-state index contributed by atoms with van der Waals surface area (Å²) in [5.74, 6) is 1.36. The van der Waals surface area contributed by atoms with Crippen molar-refractivity contribution in [3.05, 3.63) is 39.7 Å². The van der Waals surface area contributed by atoms with Gasteiger partial charge in [-0.15, -0.1) is 0 Å². The minimum Gasteiger partial charge on any atom is -0.0843 e. The summed E-state index contributed by atoms with van der Waals surface area (Å²) in [6.07, 6.45) is 6.28. The summed E-state index contributed by atoms with van der Waals surface area (Å²) in [7, 11) is 0. The summed E-state index contributed by atoms with van der Waals surface area (Å²) in [5, 5.41) is 1.47. The van der Waals surface area contributed by atoms with E-state index in [2.05, 4.69) is 13.8 Å². The van der Waals surface area contributed by atoms with E-state index < -0.39 is 0 Å². The maximum Gasteiger partial charge on any atom is 0.0458 e. The van der Waals surface area contributed by atoms with Crippen LogP contribution in [0.15, 0.2) is 18.2 Å². The molecule has 0 heterocycles. The van der Waals surface area contributed by atoms with E-state index >= 15 is 0 Å². The highest BCUT2D eigenvalue weighted by atomic mass is 35.5. The van der Waals surface area contributed by atoms with Crippen molar-refractivity contribution < 1.29 is 0 Å². The Morgan fingerprint density at radius 2 is 1.88 bits per heavy atom. The van der Waals surface area contributed by atoms with Gasteiger partial charge < -0.3 is 0 Å². The molecule has 0 spiro atoms. The summed E-state index contributed by atoms with van der Waals surface area (Å²) >= 11 is 12.0. The molecule has 0 aliphatic carbocycles. The van der Waals surface area contributed by atoms with Crippen molar-refractivity contribution in [2.45, 2.75) is 46.0 Å². The Hall–Kier alpha value is -0.200. The number of halogens is 2. The molecule has 0 nitrogen and oxygen atoms in total. The molecule has 1 aromatic carbocycles. The first kappa shape index (κ1) is 13.9. The van der Waals surface area contributed by atoms with Crippen molar-refractivity contribution in [2.24, 2.45) is 0 Å². The summed E-state index contributed by atoms with van der Waals surface area (Å²) in [5.41, 5.74) is 1.14. The van der Waals surface area contributed by atoms with Crippen LogP contribution in [-0.2, 0) is 0 Å². The Kier molecular flexibility index (Phi) is 6.23. The van der Waals surface area contributed by atoms with Gasteiger partial charge in [0.25, 0.3) is 0 Å². The lowest BCUT2D eigenvalue weighted by Gasteiger charge is -2.13. The lowest BCUT2D eigenvalue weighted by atomic mass is 9.95. The Bertz CT molecular complexity index is 321. The van der Waals surface area contributed by atoms with E-state index in [4.69, 9.17) is 23.2 Å². The average molecular weight is 258 g/mol. The first-order valence-corrected chi connectivity index (χ1v) is 6.68. The number of rotatable bonds is 6. The van der Waals surface area contributed by atoms with Gasteiger partial charge in [0.05, 0.1) is 0 Å². The van der Waals surface area contributed by atoms with Gasteiger partial charge in [-0.25, -0.2) is 0 Å². The molecule has 0 fully saturated rings. The standard InChI is InChI=1S/C14H19Cl2/c1-3-4-5-6-7-11(2)13-9-8-12(15)10-14(13)16/h8-10H,3-7H2,1-2H3. The lowest BCUT2D eigenvalue weighted by Crippen LogP contribution is -1.96. The van der Waals surface area contributed by atoms with Gasteiger partial charge in [0.2, 0.25) is 0 Å². The third-order valence-corrected chi connectivity index (χ3v) is 3.34. The van der Waals surface area contributed by atoms with Gasteiger partial charge in [0.1, 0.15) is 0 Å². The molecule has 0 aliphatic rings. The lowest BCUT2D eigenvalue weighted by molar-refractivity contribution is 0.646. The second-order valence-electron chi connectivity index (χ2n) is 4.22. The summed E-state index contributed by atoms with van der Waals surface area (Å²) < 4.78 is 0. The van der Waals surface area contributed by atoms with Crippen LogP contribution in [0.5, 0.6) is 0 Å². The molecule has 0 saturated heterocycles. The predicted octanol–water partition coefficient (Wildman–Crippen LogP) is 5.91. The van der Waals surface area contributed by atoms with Gasteiger partial charge in [-0.3, -0.25) is 0 Å². The highest BCUT2D eigenvalue weighted by Gasteiger charge is 2.10. The second kappa shape index (κ2) is 7.19. The van der Waals surface area contributed by atoms with E-state index in [-0.39, 0.29) is 0 Å². The van der Waals surface area contributed by atoms with Crippen LogP contribution < -0.4 is 0 Å². The van der Waals surface area contributed by atoms with Gasteiger partial charge in [0, 0.05) is 16.0 Å². The first-order valence-electron chi connectivity index (χ1n) is 5.93. The van der Waals surface area contributed by atoms with E-state index in [0.29, 0.717) is 5.02 Å². The van der Waals surface area contributed by atoms with Crippen LogP contribution >= 0.6 is 23.2 Å². The fraction of sp³-hybridized carbons (Fsp3) is 0.500. The first-order chi connectivity index (χ1) is 7.65. The monoisotopic (exact) mass is 257 g/mol. The minimum atomic E-state index is 0.701. The van der Waals surface area contributed by atoms with E-state index in [9.17, 15) is 0 Å². The van der Waals surface area contributed by atoms with Crippen LogP contribution in [0.25, 0.3) is 0 Å². The van der Waals surface area contributed by atoms with Gasteiger partial charge >= 0.3 is 0 Å². The molecule has 1 rings (SSSR count). The minimum absolute atomic E-state index is 0.701. The fourth-order valence-electron chi connectivity index (χ4n) is 1.79. The molecule has 0 bridgehead atoms. The Labute approximate surface area is 109 Å². The van der Waals surface area contributed by atoms with Gasteiger partial charge in [-0.1, -0.05) is 68.8 Å². The predicted molar refractivity (Wildman–Crippen MR) is 73.2 cm³/mol. The third-order valence-electron chi connectivity index (χ3n) is 2.80. The number of unbranched alkanes of at least 4 members (excludes halogenated alkanes) is 3. The highest BCUT2D eigenvalue weighted by molar-refractivity contribution is 6.35. The second-order valence-corrected chi connectivity index (χ2v) is 5.06. The van der Waals surface area contributed by atoms with Crippen molar-refractivity contribution in [2.75, 3.05) is 0 Å². The topological polar surface area (TPSA) is 0 Å². The van der Waals surface area contributed by atoms with E-state index in [1.807, 2.05) is 18.2 Å². The summed E-state index contributed by atoms with van der Waals surface area (Å²) in [6.45, 7) is 4.38. The molecule has 0 N–H and O–H groups in total. The SMILES string of the molecule is CCCCCC[C](C)c1ccc(Cl)cc1Cl. The van der Waals surface area contributed by atoms with Crippen LogP contribution in [0.3, 0.4) is 0 Å². The molecule has 0 aromatic heterocycles. The molecule has 16 heavy (non-hydrogen) atoms. The molecular formula is C14H19Cl2. The average Bonchev–Trinajstić information content (AvgIpc) is 2.24. The smallest absolute Gasteiger partial charge is 0.0458 e. The molecule has 2 heteroatoms. The molecule has 89 valence electrons. The molecule has 0 amide bonds. The van der Waals surface area contributed by atoms with Crippen molar-refractivity contribution in [1.29, 1.82) is 0 Å². The van der Waals surface area contributed by atoms with Crippen molar-refractivity contribution in [1.82, 2.24) is 0 Å². The molecule has 1 aromatic rings. The molecule has 1 radical (unpaired) electrons. The van der Waals surface area contributed by atoms with E-state index in [0.717, 1.165) is 17.0 Å². The zero-order chi connectivity index (χ0) is 12.0. The molecule has 0 unspecified atom stereocenters. The van der Waals surface area contributed by atoms with Crippen LogP contribution in [0, 0.1) is 5.92 Å². The molecular weight excluding hydrogens is 239 g/mol. The molecule has 0 aliphatic heterocycles. The summed E-state index contributed by atoms with van der Waals surface area (Å²) in [6, 6.07) is 5.73. The number of benzene rings is 1. The molecule has 0 saturated carbocycles. The quantitative estimate of drug-likeness (QED) is 0.556. The van der Waals surface area contributed by atoms with Gasteiger partial charge in [-0.2, -0.15) is 0 Å². The van der Waals surface area contributed by atoms with Crippen LogP contribution in [0.4, 0.5) is 0 Å². The summed E-state index contributed by atoms with van der Waals surface area (Å²) in [4.78, 5) is 0. The maximum atomic E-state index is 6.16. The van der Waals surface area contributed by atoms with Crippen molar-refractivity contribution >= 4 is 23.2 Å². The number of hydrogen-bond donors (Lipinski definition) is 0. The Morgan fingerprint density at radius 1 is 1.12 bits per heavy atom. The van der Waals surface area contributed by atoms with Crippen molar-refractivity contribution in [3.8, 4) is 0 Å². The fourth-order valence-corrected chi connectivity index (χ4v) is 2.36. The van der Waals surface area contributed by atoms with Gasteiger partial charge in [-0.05, 0) is 24.1 Å².